The van der Waals surface area contributed by atoms with Gasteiger partial charge in [-0.15, -0.1) is 0 Å². The third-order valence-corrected chi connectivity index (χ3v) is 8.83. The molecular formula is C5H14BO2Sn. The predicted octanol–water partition coefficient (Wildman–Crippen LogP) is 0.795. The monoisotopic (exact) mass is 237 g/mol. The summed E-state index contributed by atoms with van der Waals surface area (Å²) in [7, 11) is 0.798. The fourth-order valence-corrected chi connectivity index (χ4v) is 1.63. The van der Waals surface area contributed by atoms with Crippen LogP contribution in [0.2, 0.25) is 14.8 Å². The van der Waals surface area contributed by atoms with Crippen LogP contribution in [0.5, 0.6) is 0 Å². The fourth-order valence-electron chi connectivity index (χ4n) is 0.295. The Bertz CT molecular complexity index is 81.5. The molecule has 0 aromatic rings. The van der Waals surface area contributed by atoms with E-state index in [1.54, 1.807) is 0 Å². The Labute approximate surface area is 61.8 Å². The van der Waals surface area contributed by atoms with Crippen molar-refractivity contribution in [1.82, 2.24) is 0 Å². The first-order valence-electron chi connectivity index (χ1n) is 3.10. The van der Waals surface area contributed by atoms with Crippen LogP contribution in [0.3, 0.4) is 0 Å². The molecule has 0 saturated heterocycles. The molecule has 1 atom stereocenters. The van der Waals surface area contributed by atoms with Crippen LogP contribution in [0.25, 0.3) is 0 Å². The standard InChI is InChI=1S/C2H5BO2.3CH3.Sn/c1-2-5-3-4;;;;/h2,4H,1H3;3*1H3;. The van der Waals surface area contributed by atoms with Crippen LogP contribution in [0, 0.1) is 0 Å². The van der Waals surface area contributed by atoms with Crippen molar-refractivity contribution >= 4 is 26.1 Å². The van der Waals surface area contributed by atoms with Gasteiger partial charge in [0.25, 0.3) is 0 Å². The van der Waals surface area contributed by atoms with Crippen molar-refractivity contribution in [3.63, 3.8) is 0 Å². The van der Waals surface area contributed by atoms with Gasteiger partial charge in [0.15, 0.2) is 0 Å². The molecule has 0 rings (SSSR count). The van der Waals surface area contributed by atoms with Gasteiger partial charge in [-0.25, -0.2) is 0 Å². The second kappa shape index (κ2) is 3.83. The van der Waals surface area contributed by atoms with Crippen LogP contribution in [0.4, 0.5) is 0 Å². The second-order valence-corrected chi connectivity index (χ2v) is 19.1. The van der Waals surface area contributed by atoms with Crippen molar-refractivity contribution in [2.24, 2.45) is 0 Å². The van der Waals surface area contributed by atoms with Crippen molar-refractivity contribution in [2.75, 3.05) is 0 Å². The maximum absolute atomic E-state index is 8.29. The summed E-state index contributed by atoms with van der Waals surface area (Å²) in [5, 5.41) is 8.29. The zero-order chi connectivity index (χ0) is 7.49. The van der Waals surface area contributed by atoms with Crippen LogP contribution in [0.15, 0.2) is 0 Å². The van der Waals surface area contributed by atoms with Gasteiger partial charge in [-0.05, 0) is 0 Å². The Kier molecular flexibility index (Phi) is 4.17. The van der Waals surface area contributed by atoms with E-state index in [2.05, 4.69) is 14.8 Å². The topological polar surface area (TPSA) is 29.5 Å². The van der Waals surface area contributed by atoms with Gasteiger partial charge in [0.1, 0.15) is 0 Å². The zero-order valence-corrected chi connectivity index (χ0v) is 9.36. The maximum atomic E-state index is 8.29. The normalized spacial score (nSPS) is 15.2. The summed E-state index contributed by atoms with van der Waals surface area (Å²) in [5.74, 6) is 0. The number of hydrogen-bond acceptors (Lipinski definition) is 2. The van der Waals surface area contributed by atoms with Crippen LogP contribution in [-0.4, -0.2) is 35.2 Å². The molecule has 0 spiro atoms. The van der Waals surface area contributed by atoms with Crippen molar-refractivity contribution < 1.29 is 9.68 Å². The van der Waals surface area contributed by atoms with E-state index in [1.807, 2.05) is 6.92 Å². The molecule has 4 heteroatoms. The van der Waals surface area contributed by atoms with Gasteiger partial charge in [-0.1, -0.05) is 0 Å². The summed E-state index contributed by atoms with van der Waals surface area (Å²) in [6, 6.07) is 0. The Morgan fingerprint density at radius 2 is 1.89 bits per heavy atom. The first kappa shape index (κ1) is 9.78. The molecule has 0 aliphatic rings. The van der Waals surface area contributed by atoms with Crippen molar-refractivity contribution in [3.8, 4) is 0 Å². The molecule has 1 radical (unpaired) electrons. The van der Waals surface area contributed by atoms with E-state index in [0.29, 0.717) is 0 Å². The first-order chi connectivity index (χ1) is 3.98. The van der Waals surface area contributed by atoms with Gasteiger partial charge in [-0.2, -0.15) is 0 Å². The summed E-state index contributed by atoms with van der Waals surface area (Å²) >= 11 is -1.86. The van der Waals surface area contributed by atoms with Crippen molar-refractivity contribution in [2.45, 2.75) is 25.9 Å². The number of rotatable bonds is 3. The average molecular weight is 236 g/mol. The Morgan fingerprint density at radius 3 is 2.00 bits per heavy atom. The van der Waals surface area contributed by atoms with E-state index < -0.39 is 18.4 Å². The molecule has 0 fully saturated rings. The summed E-state index contributed by atoms with van der Waals surface area (Å²) in [6.45, 7) is 2.02. The van der Waals surface area contributed by atoms with Gasteiger partial charge in [0.05, 0.1) is 0 Å². The summed E-state index contributed by atoms with van der Waals surface area (Å²) in [6.07, 6.45) is 0. The van der Waals surface area contributed by atoms with E-state index >= 15 is 0 Å². The SMILES string of the molecule is C[CH](O[B]O)[Sn]([CH3])([CH3])[CH3]. The van der Waals surface area contributed by atoms with Gasteiger partial charge < -0.3 is 0 Å². The minimum absolute atomic E-state index is 0.268. The van der Waals surface area contributed by atoms with Crippen molar-refractivity contribution in [1.29, 1.82) is 0 Å². The third-order valence-electron chi connectivity index (χ3n) is 1.48. The third kappa shape index (κ3) is 4.22. The van der Waals surface area contributed by atoms with Gasteiger partial charge >= 0.3 is 61.6 Å². The molecule has 1 N–H and O–H groups in total. The van der Waals surface area contributed by atoms with E-state index in [9.17, 15) is 0 Å². The van der Waals surface area contributed by atoms with E-state index in [-0.39, 0.29) is 4.12 Å². The second-order valence-electron chi connectivity index (χ2n) is 3.25. The zero-order valence-electron chi connectivity index (χ0n) is 6.51. The fraction of sp³-hybridized carbons (Fsp3) is 1.00. The summed E-state index contributed by atoms with van der Waals surface area (Å²) in [4.78, 5) is 6.80. The Hall–Kier alpha value is 0.784. The predicted molar refractivity (Wildman–Crippen MR) is 41.9 cm³/mol. The summed E-state index contributed by atoms with van der Waals surface area (Å²) in [5.41, 5.74) is 0. The molecule has 0 aromatic carbocycles. The molecule has 0 aliphatic heterocycles. The van der Waals surface area contributed by atoms with Crippen LogP contribution in [-0.2, 0) is 4.65 Å². The van der Waals surface area contributed by atoms with Crippen LogP contribution >= 0.6 is 0 Å². The van der Waals surface area contributed by atoms with Crippen molar-refractivity contribution in [3.05, 3.63) is 0 Å². The molecule has 53 valence electrons. The van der Waals surface area contributed by atoms with Gasteiger partial charge in [-0.3, -0.25) is 0 Å². The number of hydrogen-bond donors (Lipinski definition) is 1. The quantitative estimate of drug-likeness (QED) is 0.734. The van der Waals surface area contributed by atoms with Gasteiger partial charge in [0, 0.05) is 0 Å². The molecule has 0 aromatic heterocycles. The Morgan fingerprint density at radius 1 is 1.44 bits per heavy atom. The van der Waals surface area contributed by atoms with E-state index in [4.69, 9.17) is 9.68 Å². The van der Waals surface area contributed by atoms with E-state index in [1.165, 1.54) is 0 Å². The Balaban J connectivity index is 3.59. The van der Waals surface area contributed by atoms with Gasteiger partial charge in [0.2, 0.25) is 0 Å². The van der Waals surface area contributed by atoms with E-state index in [0.717, 1.165) is 7.69 Å². The van der Waals surface area contributed by atoms with Crippen LogP contribution < -0.4 is 0 Å². The molecule has 2 nitrogen and oxygen atoms in total. The molecule has 0 aliphatic carbocycles. The molecule has 9 heavy (non-hydrogen) atoms. The van der Waals surface area contributed by atoms with Crippen LogP contribution in [0.1, 0.15) is 6.92 Å². The molecule has 0 heterocycles. The summed E-state index contributed by atoms with van der Waals surface area (Å²) < 4.78 is 5.20. The minimum atomic E-state index is -1.86. The molecule has 0 saturated carbocycles. The molecule has 0 bridgehead atoms. The molecule has 1 unspecified atom stereocenters. The average Bonchev–Trinajstić information content (AvgIpc) is 1.64. The first-order valence-corrected chi connectivity index (χ1v) is 13.3. The molecule has 0 amide bonds. The molecular weight excluding hydrogens is 222 g/mol.